The van der Waals surface area contributed by atoms with Gasteiger partial charge in [-0.05, 0) is 101 Å². The number of rotatable bonds is 15. The molecule has 1 unspecified atom stereocenters. The van der Waals surface area contributed by atoms with Gasteiger partial charge in [0, 0.05) is 44.0 Å². The number of piperidine rings is 1. The molecule has 2 aromatic carbocycles. The van der Waals surface area contributed by atoms with Gasteiger partial charge in [0.05, 0.1) is 32.2 Å². The molecule has 1 fully saturated rings. The number of amides is 1. The Labute approximate surface area is 335 Å². The summed E-state index contributed by atoms with van der Waals surface area (Å²) in [5.41, 5.74) is 4.01. The molecule has 5 aromatic rings. The van der Waals surface area contributed by atoms with Crippen LogP contribution in [0, 0.1) is 6.92 Å². The van der Waals surface area contributed by atoms with Crippen LogP contribution in [0.2, 0.25) is 0 Å². The smallest absolute Gasteiger partial charge is 0.407 e. The maximum atomic E-state index is 12.3. The number of benzene rings is 2. The number of aromatic nitrogens is 5. The number of aryl methyl sites for hydroxylation is 1. The van der Waals surface area contributed by atoms with Crippen molar-refractivity contribution in [3.63, 3.8) is 0 Å². The SMILES string of the molecule is CCC[C@H](C)Oc1nc(N(Cc2ccc(OC)cc2)Cc2ccc(OC)cc2)c2ncc(C(O)c3cnc(N4CCC(NC(=O)OC(C)(C)C)CC4)c(C)c3)n2n1. The fraction of sp³-hybridized carbons (Fsp3) is 0.465. The molecule has 0 bridgehead atoms. The van der Waals surface area contributed by atoms with E-state index in [9.17, 15) is 9.90 Å². The van der Waals surface area contributed by atoms with Crippen LogP contribution in [-0.2, 0) is 17.8 Å². The number of anilines is 2. The Morgan fingerprint density at radius 3 is 2.12 bits per heavy atom. The molecule has 14 nitrogen and oxygen atoms in total. The zero-order valence-electron chi connectivity index (χ0n) is 34.4. The van der Waals surface area contributed by atoms with E-state index in [4.69, 9.17) is 39.0 Å². The molecule has 0 radical (unpaired) electrons. The molecule has 2 atom stereocenters. The van der Waals surface area contributed by atoms with Crippen LogP contribution in [0.5, 0.6) is 17.5 Å². The molecule has 6 rings (SSSR count). The van der Waals surface area contributed by atoms with Crippen LogP contribution in [0.3, 0.4) is 0 Å². The van der Waals surface area contributed by atoms with Gasteiger partial charge in [0.25, 0.3) is 0 Å². The minimum atomic E-state index is -1.09. The van der Waals surface area contributed by atoms with E-state index >= 15 is 0 Å². The van der Waals surface area contributed by atoms with Crippen LogP contribution in [0.1, 0.15) is 94.4 Å². The van der Waals surface area contributed by atoms with Crippen molar-refractivity contribution in [3.05, 3.63) is 94.9 Å². The van der Waals surface area contributed by atoms with Crippen molar-refractivity contribution in [2.75, 3.05) is 37.1 Å². The van der Waals surface area contributed by atoms with Crippen molar-refractivity contribution in [1.82, 2.24) is 29.9 Å². The number of aliphatic hydroxyl groups excluding tert-OH is 1. The number of ether oxygens (including phenoxy) is 4. The first kappa shape index (κ1) is 41.0. The van der Waals surface area contributed by atoms with Crippen molar-refractivity contribution < 1.29 is 28.8 Å². The lowest BCUT2D eigenvalue weighted by Gasteiger charge is -2.34. The van der Waals surface area contributed by atoms with Crippen LogP contribution in [0.25, 0.3) is 5.65 Å². The molecule has 57 heavy (non-hydrogen) atoms. The lowest BCUT2D eigenvalue weighted by atomic mass is 10.0. The summed E-state index contributed by atoms with van der Waals surface area (Å²) in [5.74, 6) is 2.94. The summed E-state index contributed by atoms with van der Waals surface area (Å²) in [6.45, 7) is 14.1. The molecule has 0 saturated carbocycles. The minimum absolute atomic E-state index is 0.0294. The number of methoxy groups -OCH3 is 2. The van der Waals surface area contributed by atoms with Crippen molar-refractivity contribution in [1.29, 1.82) is 0 Å². The fourth-order valence-corrected chi connectivity index (χ4v) is 7.02. The molecular formula is C43H56N8O6. The van der Waals surface area contributed by atoms with Crippen LogP contribution >= 0.6 is 0 Å². The summed E-state index contributed by atoms with van der Waals surface area (Å²) in [7, 11) is 3.30. The molecule has 1 amide bonds. The van der Waals surface area contributed by atoms with E-state index in [0.29, 0.717) is 35.8 Å². The van der Waals surface area contributed by atoms with Crippen LogP contribution < -0.4 is 29.3 Å². The maximum absolute atomic E-state index is 12.3. The van der Waals surface area contributed by atoms with Gasteiger partial charge in [-0.1, -0.05) is 37.6 Å². The van der Waals surface area contributed by atoms with E-state index < -0.39 is 17.8 Å². The van der Waals surface area contributed by atoms with E-state index in [1.807, 2.05) is 89.2 Å². The molecular weight excluding hydrogens is 725 g/mol. The number of pyridine rings is 1. The average Bonchev–Trinajstić information content (AvgIpc) is 3.61. The van der Waals surface area contributed by atoms with E-state index in [-0.39, 0.29) is 18.2 Å². The van der Waals surface area contributed by atoms with Gasteiger partial charge in [-0.3, -0.25) is 0 Å². The Hall–Kier alpha value is -5.63. The number of carbonyl (C=O) groups excluding carboxylic acids is 1. The molecule has 1 aliphatic heterocycles. The number of carbonyl (C=O) groups is 1. The second kappa shape index (κ2) is 18.1. The topological polar surface area (TPSA) is 149 Å². The number of fused-ring (bicyclic) bond motifs is 1. The van der Waals surface area contributed by atoms with Gasteiger partial charge in [0.2, 0.25) is 0 Å². The summed E-state index contributed by atoms with van der Waals surface area (Å²) < 4.78 is 24.2. The predicted octanol–water partition coefficient (Wildman–Crippen LogP) is 7.19. The molecule has 3 aromatic heterocycles. The number of nitrogens with one attached hydrogen (secondary N) is 1. The number of imidazole rings is 1. The lowest BCUT2D eigenvalue weighted by molar-refractivity contribution is 0.0497. The molecule has 304 valence electrons. The molecule has 1 saturated heterocycles. The monoisotopic (exact) mass is 780 g/mol. The van der Waals surface area contributed by atoms with Crippen molar-refractivity contribution in [2.24, 2.45) is 0 Å². The molecule has 0 aliphatic carbocycles. The summed E-state index contributed by atoms with van der Waals surface area (Å²) in [4.78, 5) is 31.3. The van der Waals surface area contributed by atoms with Gasteiger partial charge in [-0.15, -0.1) is 5.10 Å². The second-order valence-electron chi connectivity index (χ2n) is 15.6. The summed E-state index contributed by atoms with van der Waals surface area (Å²) in [6.07, 6.45) is 5.03. The first-order valence-electron chi connectivity index (χ1n) is 19.7. The van der Waals surface area contributed by atoms with Crippen molar-refractivity contribution >= 4 is 23.4 Å². The Morgan fingerprint density at radius 2 is 1.58 bits per heavy atom. The normalized spacial score (nSPS) is 14.6. The van der Waals surface area contributed by atoms with Crippen LogP contribution in [0.15, 0.2) is 67.0 Å². The lowest BCUT2D eigenvalue weighted by Crippen LogP contribution is -2.46. The number of aliphatic hydroxyl groups is 1. The molecule has 4 heterocycles. The summed E-state index contributed by atoms with van der Waals surface area (Å²) in [5, 5.41) is 19.8. The third-order valence-electron chi connectivity index (χ3n) is 9.90. The first-order valence-corrected chi connectivity index (χ1v) is 19.7. The van der Waals surface area contributed by atoms with Gasteiger partial charge in [-0.25, -0.2) is 19.3 Å². The molecule has 1 aliphatic rings. The number of hydrogen-bond donors (Lipinski definition) is 2. The molecule has 2 N–H and O–H groups in total. The van der Waals surface area contributed by atoms with Gasteiger partial charge >= 0.3 is 12.1 Å². The predicted molar refractivity (Wildman–Crippen MR) is 219 cm³/mol. The van der Waals surface area contributed by atoms with Gasteiger partial charge in [-0.2, -0.15) is 4.98 Å². The van der Waals surface area contributed by atoms with Crippen LogP contribution in [-0.4, -0.2) is 80.8 Å². The summed E-state index contributed by atoms with van der Waals surface area (Å²) >= 11 is 0. The van der Waals surface area contributed by atoms with E-state index in [1.165, 1.54) is 0 Å². The zero-order valence-corrected chi connectivity index (χ0v) is 34.4. The Balaban J connectivity index is 1.30. The van der Waals surface area contributed by atoms with E-state index in [2.05, 4.69) is 22.0 Å². The first-order chi connectivity index (χ1) is 27.3. The maximum Gasteiger partial charge on any atom is 0.407 e. The third kappa shape index (κ3) is 10.4. The van der Waals surface area contributed by atoms with Crippen LogP contribution in [0.4, 0.5) is 16.4 Å². The summed E-state index contributed by atoms with van der Waals surface area (Å²) in [6, 6.07) is 18.1. The van der Waals surface area contributed by atoms with Crippen molar-refractivity contribution in [3.8, 4) is 17.5 Å². The number of hydrogen-bond acceptors (Lipinski definition) is 12. The molecule has 0 spiro atoms. The Bertz CT molecular complexity index is 2040. The highest BCUT2D eigenvalue weighted by molar-refractivity contribution is 5.68. The zero-order chi connectivity index (χ0) is 40.7. The standard InChI is InChI=1S/C43H56N8O6/c1-9-10-29(3)56-41-47-40(50(26-30-11-15-34(54-7)16-12-30)27-31-13-17-35(55-8)18-14-31)39-45-25-36(51(39)48-41)37(52)32-23-28(2)38(44-24-32)49-21-19-33(20-22-49)46-42(53)57-43(4,5)6/h11-18,23-25,29,33,37,52H,9-10,19-22,26-27H2,1-8H3,(H,46,53)/t29-,37?/m0/s1. The highest BCUT2D eigenvalue weighted by Gasteiger charge is 2.27. The van der Waals surface area contributed by atoms with Gasteiger partial charge in [0.15, 0.2) is 11.5 Å². The Morgan fingerprint density at radius 1 is 0.965 bits per heavy atom. The highest BCUT2D eigenvalue weighted by atomic mass is 16.6. The molecule has 14 heteroatoms. The van der Waals surface area contributed by atoms with Crippen molar-refractivity contribution in [2.45, 2.75) is 104 Å². The highest BCUT2D eigenvalue weighted by Crippen LogP contribution is 2.32. The van der Waals surface area contributed by atoms with E-state index in [0.717, 1.165) is 72.8 Å². The number of alkyl carbamates (subject to hydrolysis) is 1. The Kier molecular flexibility index (Phi) is 13.0. The van der Waals surface area contributed by atoms with Gasteiger partial charge in [0.1, 0.15) is 29.0 Å². The fourth-order valence-electron chi connectivity index (χ4n) is 7.02. The average molecular weight is 781 g/mol. The number of nitrogens with zero attached hydrogens (tertiary/aromatic N) is 7. The van der Waals surface area contributed by atoms with E-state index in [1.54, 1.807) is 31.1 Å². The van der Waals surface area contributed by atoms with Gasteiger partial charge < -0.3 is 39.2 Å². The largest absolute Gasteiger partial charge is 0.497 e. The third-order valence-corrected chi connectivity index (χ3v) is 9.90. The second-order valence-corrected chi connectivity index (χ2v) is 15.6. The quantitative estimate of drug-likeness (QED) is 0.111. The minimum Gasteiger partial charge on any atom is -0.497 e.